The normalized spacial score (nSPS) is 11.5. The van der Waals surface area contributed by atoms with Gasteiger partial charge in [-0.3, -0.25) is 10.0 Å². The summed E-state index contributed by atoms with van der Waals surface area (Å²) in [6.45, 7) is 0. The third-order valence-corrected chi connectivity index (χ3v) is 1.72. The third kappa shape index (κ3) is 6.43. The molecular formula is C5H13ClN2O2S. The van der Waals surface area contributed by atoms with Crippen molar-refractivity contribution in [1.29, 1.82) is 0 Å². The summed E-state index contributed by atoms with van der Waals surface area (Å²) < 4.78 is 0. The van der Waals surface area contributed by atoms with Crippen molar-refractivity contribution >= 4 is 30.1 Å². The fraction of sp³-hybridized carbons (Fsp3) is 0.800. The summed E-state index contributed by atoms with van der Waals surface area (Å²) in [5, 5.41) is 8.12. The fourth-order valence-electron chi connectivity index (χ4n) is 0.459. The number of hydrogen-bond acceptors (Lipinski definition) is 4. The van der Waals surface area contributed by atoms with E-state index in [0.717, 1.165) is 5.75 Å². The van der Waals surface area contributed by atoms with Crippen molar-refractivity contribution in [2.45, 2.75) is 12.5 Å². The van der Waals surface area contributed by atoms with Crippen molar-refractivity contribution < 1.29 is 10.0 Å². The molecule has 0 bridgehead atoms. The van der Waals surface area contributed by atoms with E-state index in [0.29, 0.717) is 6.42 Å². The second kappa shape index (κ2) is 8.13. The summed E-state index contributed by atoms with van der Waals surface area (Å²) in [4.78, 5) is 10.5. The highest BCUT2D eigenvalue weighted by Crippen LogP contribution is 1.97. The van der Waals surface area contributed by atoms with Crippen molar-refractivity contribution in [3.05, 3.63) is 0 Å². The maximum absolute atomic E-state index is 10.5. The maximum atomic E-state index is 10.5. The molecule has 0 aromatic heterocycles. The summed E-state index contributed by atoms with van der Waals surface area (Å²) in [6, 6.07) is -0.586. The zero-order chi connectivity index (χ0) is 7.98. The standard InChI is InChI=1S/C5H12N2O2S.ClH/c1-10-3-2-4(6)5(8)7-9;/h4,9H,2-3,6H2,1H3,(H,7,8);1H. The van der Waals surface area contributed by atoms with Crippen LogP contribution in [0, 0.1) is 0 Å². The van der Waals surface area contributed by atoms with Crippen LogP contribution < -0.4 is 11.2 Å². The van der Waals surface area contributed by atoms with Crippen LogP contribution in [0.3, 0.4) is 0 Å². The molecule has 0 rings (SSSR count). The SMILES string of the molecule is CSCCC(N)C(=O)NO.Cl. The Morgan fingerprint density at radius 3 is 2.73 bits per heavy atom. The molecule has 0 aliphatic heterocycles. The summed E-state index contributed by atoms with van der Waals surface area (Å²) in [5.41, 5.74) is 6.83. The van der Waals surface area contributed by atoms with E-state index in [2.05, 4.69) is 0 Å². The van der Waals surface area contributed by atoms with Crippen LogP contribution in [0.15, 0.2) is 0 Å². The van der Waals surface area contributed by atoms with Crippen molar-refractivity contribution in [2.24, 2.45) is 5.73 Å². The predicted molar refractivity (Wildman–Crippen MR) is 48.2 cm³/mol. The second-order valence-electron chi connectivity index (χ2n) is 1.86. The van der Waals surface area contributed by atoms with E-state index in [-0.39, 0.29) is 12.4 Å². The molecule has 0 spiro atoms. The fourth-order valence-corrected chi connectivity index (χ4v) is 0.948. The Morgan fingerprint density at radius 1 is 1.82 bits per heavy atom. The smallest absolute Gasteiger partial charge is 0.260 e. The van der Waals surface area contributed by atoms with E-state index in [1.165, 1.54) is 5.48 Å². The highest BCUT2D eigenvalue weighted by atomic mass is 35.5. The molecule has 0 aliphatic rings. The Labute approximate surface area is 76.3 Å². The van der Waals surface area contributed by atoms with Crippen LogP contribution >= 0.6 is 24.2 Å². The Hall–Kier alpha value is 0.0300. The molecule has 1 amide bonds. The molecule has 0 aromatic rings. The number of carbonyl (C=O) groups excluding carboxylic acids is 1. The van der Waals surface area contributed by atoms with Gasteiger partial charge in [-0.2, -0.15) is 11.8 Å². The van der Waals surface area contributed by atoms with Gasteiger partial charge in [-0.1, -0.05) is 0 Å². The summed E-state index contributed by atoms with van der Waals surface area (Å²) in [5.74, 6) is 0.309. The van der Waals surface area contributed by atoms with Gasteiger partial charge in [0, 0.05) is 0 Å². The topological polar surface area (TPSA) is 75.4 Å². The van der Waals surface area contributed by atoms with Gasteiger partial charge in [-0.25, -0.2) is 5.48 Å². The number of hydroxylamine groups is 1. The van der Waals surface area contributed by atoms with Gasteiger partial charge in [0.25, 0.3) is 5.91 Å². The lowest BCUT2D eigenvalue weighted by molar-refractivity contribution is -0.130. The molecule has 0 fully saturated rings. The summed E-state index contributed by atoms with van der Waals surface area (Å²) in [6.07, 6.45) is 2.52. The Morgan fingerprint density at radius 2 is 2.36 bits per heavy atom. The number of nitrogens with two attached hydrogens (primary N) is 1. The number of rotatable bonds is 4. The van der Waals surface area contributed by atoms with Gasteiger partial charge in [0.05, 0.1) is 6.04 Å². The van der Waals surface area contributed by atoms with Crippen LogP contribution in [0.2, 0.25) is 0 Å². The minimum Gasteiger partial charge on any atom is -0.320 e. The van der Waals surface area contributed by atoms with Crippen LogP contribution in [-0.4, -0.2) is 29.2 Å². The first-order chi connectivity index (χ1) is 4.72. The minimum absolute atomic E-state index is 0. The van der Waals surface area contributed by atoms with Gasteiger partial charge in [0.2, 0.25) is 0 Å². The van der Waals surface area contributed by atoms with Gasteiger partial charge in [0.1, 0.15) is 0 Å². The molecule has 6 heteroatoms. The molecule has 0 radical (unpaired) electrons. The molecular weight excluding hydrogens is 188 g/mol. The molecule has 0 saturated heterocycles. The average Bonchev–Trinajstić information content (AvgIpc) is 1.98. The highest BCUT2D eigenvalue weighted by molar-refractivity contribution is 7.98. The lowest BCUT2D eigenvalue weighted by atomic mass is 10.2. The van der Waals surface area contributed by atoms with Crippen LogP contribution in [-0.2, 0) is 4.79 Å². The van der Waals surface area contributed by atoms with Crippen molar-refractivity contribution in [2.75, 3.05) is 12.0 Å². The number of carbonyl (C=O) groups is 1. The maximum Gasteiger partial charge on any atom is 0.260 e. The van der Waals surface area contributed by atoms with E-state index < -0.39 is 11.9 Å². The van der Waals surface area contributed by atoms with Gasteiger partial charge in [0.15, 0.2) is 0 Å². The molecule has 1 atom stereocenters. The van der Waals surface area contributed by atoms with E-state index in [4.69, 9.17) is 10.9 Å². The van der Waals surface area contributed by atoms with E-state index >= 15 is 0 Å². The summed E-state index contributed by atoms with van der Waals surface area (Å²) in [7, 11) is 0. The van der Waals surface area contributed by atoms with Crippen LogP contribution in [0.1, 0.15) is 6.42 Å². The zero-order valence-electron chi connectivity index (χ0n) is 6.24. The monoisotopic (exact) mass is 200 g/mol. The first-order valence-electron chi connectivity index (χ1n) is 2.90. The van der Waals surface area contributed by atoms with Gasteiger partial charge < -0.3 is 5.73 Å². The number of amides is 1. The first kappa shape index (κ1) is 13.6. The van der Waals surface area contributed by atoms with Crippen molar-refractivity contribution in [1.82, 2.24) is 5.48 Å². The number of nitrogens with one attached hydrogen (secondary N) is 1. The second-order valence-corrected chi connectivity index (χ2v) is 2.85. The average molecular weight is 201 g/mol. The van der Waals surface area contributed by atoms with Gasteiger partial charge >= 0.3 is 0 Å². The summed E-state index contributed by atoms with van der Waals surface area (Å²) >= 11 is 1.62. The molecule has 0 saturated carbocycles. The van der Waals surface area contributed by atoms with Crippen molar-refractivity contribution in [3.63, 3.8) is 0 Å². The molecule has 1 unspecified atom stereocenters. The lowest BCUT2D eigenvalue weighted by Gasteiger charge is -2.06. The Bertz CT molecular complexity index is 115. The van der Waals surface area contributed by atoms with E-state index in [1.807, 2.05) is 6.26 Å². The largest absolute Gasteiger partial charge is 0.320 e. The molecule has 4 N–H and O–H groups in total. The van der Waals surface area contributed by atoms with Gasteiger partial charge in [-0.15, -0.1) is 12.4 Å². The Kier molecular flexibility index (Phi) is 10.1. The minimum atomic E-state index is -0.586. The zero-order valence-corrected chi connectivity index (χ0v) is 7.87. The Balaban J connectivity index is 0. The quantitative estimate of drug-likeness (QED) is 0.441. The molecule has 0 heterocycles. The molecule has 0 aliphatic carbocycles. The van der Waals surface area contributed by atoms with E-state index in [1.54, 1.807) is 11.8 Å². The van der Waals surface area contributed by atoms with Crippen LogP contribution in [0.5, 0.6) is 0 Å². The molecule has 4 nitrogen and oxygen atoms in total. The van der Waals surface area contributed by atoms with Gasteiger partial charge in [-0.05, 0) is 18.4 Å². The van der Waals surface area contributed by atoms with Crippen molar-refractivity contribution in [3.8, 4) is 0 Å². The number of thioether (sulfide) groups is 1. The first-order valence-corrected chi connectivity index (χ1v) is 4.30. The lowest BCUT2D eigenvalue weighted by Crippen LogP contribution is -2.39. The van der Waals surface area contributed by atoms with E-state index in [9.17, 15) is 4.79 Å². The molecule has 68 valence electrons. The number of hydrogen-bond donors (Lipinski definition) is 3. The molecule has 0 aromatic carbocycles. The molecule has 11 heavy (non-hydrogen) atoms. The highest BCUT2D eigenvalue weighted by Gasteiger charge is 2.10. The third-order valence-electron chi connectivity index (χ3n) is 1.08. The van der Waals surface area contributed by atoms with Crippen LogP contribution in [0.25, 0.3) is 0 Å². The number of halogens is 1. The predicted octanol–water partition coefficient (Wildman–Crippen LogP) is -0.00600. The van der Waals surface area contributed by atoms with Crippen LogP contribution in [0.4, 0.5) is 0 Å².